The average molecular weight is 338 g/mol. The second-order valence-electron chi connectivity index (χ2n) is 5.59. The van der Waals surface area contributed by atoms with Crippen LogP contribution in [-0.2, 0) is 20.9 Å². The van der Waals surface area contributed by atoms with Crippen LogP contribution in [0.5, 0.6) is 0 Å². The lowest BCUT2D eigenvalue weighted by atomic mass is 10.1. The van der Waals surface area contributed by atoms with E-state index in [4.69, 9.17) is 0 Å². The maximum atomic E-state index is 12.5. The molecule has 1 aliphatic rings. The molecule has 25 heavy (non-hydrogen) atoms. The van der Waals surface area contributed by atoms with Crippen LogP contribution >= 0.6 is 0 Å². The Bertz CT molecular complexity index is 807. The van der Waals surface area contributed by atoms with Crippen molar-refractivity contribution in [2.45, 2.75) is 19.5 Å². The smallest absolute Gasteiger partial charge is 0.310 e. The van der Waals surface area contributed by atoms with Gasteiger partial charge in [0.15, 0.2) is 0 Å². The molecule has 1 aromatic heterocycles. The van der Waals surface area contributed by atoms with Gasteiger partial charge < -0.3 is 15.5 Å². The number of benzene rings is 1. The van der Waals surface area contributed by atoms with E-state index < -0.39 is 17.9 Å². The monoisotopic (exact) mass is 338 g/mol. The fourth-order valence-corrected chi connectivity index (χ4v) is 2.81. The van der Waals surface area contributed by atoms with E-state index in [0.717, 1.165) is 11.3 Å². The Labute approximate surface area is 145 Å². The molecule has 0 saturated heterocycles. The minimum Gasteiger partial charge on any atom is -0.344 e. The number of nitrogens with one attached hydrogen (secondary N) is 2. The maximum absolute atomic E-state index is 12.5. The molecule has 2 aromatic rings. The van der Waals surface area contributed by atoms with Crippen molar-refractivity contribution in [1.82, 2.24) is 15.6 Å². The first kappa shape index (κ1) is 16.6. The van der Waals surface area contributed by atoms with Gasteiger partial charge in [-0.05, 0) is 24.6 Å². The first-order valence-corrected chi connectivity index (χ1v) is 7.99. The Kier molecular flexibility index (Phi) is 4.74. The predicted octanol–water partition coefficient (Wildman–Crippen LogP) is 0.922. The van der Waals surface area contributed by atoms with Crippen molar-refractivity contribution in [3.8, 4) is 0 Å². The summed E-state index contributed by atoms with van der Waals surface area (Å²) in [6.07, 6.45) is 3.23. The largest absolute Gasteiger partial charge is 0.344 e. The third-order valence-electron chi connectivity index (χ3n) is 4.03. The lowest BCUT2D eigenvalue weighted by molar-refractivity contribution is -0.140. The average Bonchev–Trinajstić information content (AvgIpc) is 2.91. The van der Waals surface area contributed by atoms with Crippen molar-refractivity contribution >= 4 is 23.4 Å². The minimum absolute atomic E-state index is 0.191. The molecule has 3 amide bonds. The van der Waals surface area contributed by atoms with E-state index in [-0.39, 0.29) is 12.5 Å². The van der Waals surface area contributed by atoms with E-state index in [0.29, 0.717) is 12.1 Å². The van der Waals surface area contributed by atoms with Crippen molar-refractivity contribution in [3.05, 3.63) is 59.9 Å². The highest BCUT2D eigenvalue weighted by molar-refractivity contribution is 6.35. The molecule has 2 N–H and O–H groups in total. The highest BCUT2D eigenvalue weighted by Crippen LogP contribution is 2.35. The fraction of sp³-hybridized carbons (Fsp3) is 0.222. The standard InChI is InChI=1S/C18H18N4O3/c1-2-22-14-8-4-3-7-13(14)15(18(22)25)21-17(24)16(23)20-11-12-6-5-9-19-10-12/h3-10,15H,2,11H2,1H3,(H,20,23)(H,21,24)/t15-/m1/s1. The topological polar surface area (TPSA) is 91.4 Å². The van der Waals surface area contributed by atoms with E-state index in [1.165, 1.54) is 0 Å². The molecule has 0 spiro atoms. The fourth-order valence-electron chi connectivity index (χ4n) is 2.81. The van der Waals surface area contributed by atoms with Gasteiger partial charge in [0.05, 0.1) is 0 Å². The summed E-state index contributed by atoms with van der Waals surface area (Å²) in [7, 11) is 0. The van der Waals surface area contributed by atoms with Crippen LogP contribution in [0.3, 0.4) is 0 Å². The van der Waals surface area contributed by atoms with Gasteiger partial charge >= 0.3 is 11.8 Å². The van der Waals surface area contributed by atoms with E-state index in [1.54, 1.807) is 41.6 Å². The third-order valence-corrected chi connectivity index (χ3v) is 4.03. The van der Waals surface area contributed by atoms with Crippen molar-refractivity contribution in [2.75, 3.05) is 11.4 Å². The van der Waals surface area contributed by atoms with Gasteiger partial charge in [0.2, 0.25) is 0 Å². The summed E-state index contributed by atoms with van der Waals surface area (Å²) in [6.45, 7) is 2.55. The van der Waals surface area contributed by atoms with Gasteiger partial charge in [-0.3, -0.25) is 19.4 Å². The number of likely N-dealkylation sites (N-methyl/N-ethyl adjacent to an activating group) is 1. The Morgan fingerprint density at radius 1 is 1.16 bits per heavy atom. The van der Waals surface area contributed by atoms with Crippen LogP contribution in [0.2, 0.25) is 0 Å². The number of carbonyl (C=O) groups excluding carboxylic acids is 3. The molecular formula is C18H18N4O3. The molecule has 0 radical (unpaired) electrons. The lowest BCUT2D eigenvalue weighted by Crippen LogP contribution is -2.44. The molecule has 0 unspecified atom stereocenters. The van der Waals surface area contributed by atoms with Crippen molar-refractivity contribution in [2.24, 2.45) is 0 Å². The van der Waals surface area contributed by atoms with Gasteiger partial charge in [-0.25, -0.2) is 0 Å². The van der Waals surface area contributed by atoms with Crippen LogP contribution in [-0.4, -0.2) is 29.3 Å². The quantitative estimate of drug-likeness (QED) is 0.811. The summed E-state index contributed by atoms with van der Waals surface area (Å²) >= 11 is 0. The van der Waals surface area contributed by atoms with Gasteiger partial charge in [0.25, 0.3) is 5.91 Å². The number of pyridine rings is 1. The predicted molar refractivity (Wildman–Crippen MR) is 91.4 cm³/mol. The Morgan fingerprint density at radius 2 is 1.96 bits per heavy atom. The molecule has 1 aromatic carbocycles. The zero-order valence-corrected chi connectivity index (χ0v) is 13.7. The molecule has 3 rings (SSSR count). The van der Waals surface area contributed by atoms with Crippen LogP contribution in [0.15, 0.2) is 48.8 Å². The van der Waals surface area contributed by atoms with E-state index in [9.17, 15) is 14.4 Å². The number of rotatable bonds is 4. The minimum atomic E-state index is -0.840. The number of aromatic nitrogens is 1. The summed E-state index contributed by atoms with van der Waals surface area (Å²) < 4.78 is 0. The van der Waals surface area contributed by atoms with Gasteiger partial charge in [0, 0.05) is 36.7 Å². The summed E-state index contributed by atoms with van der Waals surface area (Å²) in [5.41, 5.74) is 2.24. The highest BCUT2D eigenvalue weighted by Gasteiger charge is 2.37. The van der Waals surface area contributed by atoms with Crippen molar-refractivity contribution in [1.29, 1.82) is 0 Å². The summed E-state index contributed by atoms with van der Waals surface area (Å²) in [5.74, 6) is -1.86. The number of fused-ring (bicyclic) bond motifs is 1. The number of para-hydroxylation sites is 1. The molecule has 1 atom stereocenters. The molecule has 7 heteroatoms. The Hall–Kier alpha value is -3.22. The second-order valence-corrected chi connectivity index (χ2v) is 5.59. The van der Waals surface area contributed by atoms with Crippen molar-refractivity contribution in [3.63, 3.8) is 0 Å². The summed E-state index contributed by atoms with van der Waals surface area (Å²) in [6, 6.07) is 9.93. The number of amides is 3. The van der Waals surface area contributed by atoms with E-state index in [1.807, 2.05) is 19.1 Å². The molecule has 0 bridgehead atoms. The summed E-state index contributed by atoms with van der Waals surface area (Å²) in [4.78, 5) is 42.2. The maximum Gasteiger partial charge on any atom is 0.310 e. The SMILES string of the molecule is CCN1C(=O)[C@H](NC(=O)C(=O)NCc2cccnc2)c2ccccc21. The van der Waals surface area contributed by atoms with Gasteiger partial charge in [-0.15, -0.1) is 0 Å². The molecule has 7 nitrogen and oxygen atoms in total. The van der Waals surface area contributed by atoms with Crippen LogP contribution in [0.1, 0.15) is 24.1 Å². The number of carbonyl (C=O) groups is 3. The number of nitrogens with zero attached hydrogens (tertiary/aromatic N) is 2. The molecule has 0 fully saturated rings. The van der Waals surface area contributed by atoms with Crippen LogP contribution in [0, 0.1) is 0 Å². The molecule has 128 valence electrons. The number of hydrogen-bond acceptors (Lipinski definition) is 4. The lowest BCUT2D eigenvalue weighted by Gasteiger charge is -2.15. The van der Waals surface area contributed by atoms with Gasteiger partial charge in [0.1, 0.15) is 6.04 Å². The van der Waals surface area contributed by atoms with Crippen LogP contribution < -0.4 is 15.5 Å². The van der Waals surface area contributed by atoms with Crippen molar-refractivity contribution < 1.29 is 14.4 Å². The molecular weight excluding hydrogens is 320 g/mol. The highest BCUT2D eigenvalue weighted by atomic mass is 16.2. The normalized spacial score (nSPS) is 15.6. The molecule has 0 aliphatic carbocycles. The molecule has 2 heterocycles. The molecule has 0 saturated carbocycles. The zero-order chi connectivity index (χ0) is 17.8. The first-order valence-electron chi connectivity index (χ1n) is 7.99. The van der Waals surface area contributed by atoms with Crippen LogP contribution in [0.25, 0.3) is 0 Å². The van der Waals surface area contributed by atoms with E-state index in [2.05, 4.69) is 15.6 Å². The second kappa shape index (κ2) is 7.12. The number of anilines is 1. The zero-order valence-electron chi connectivity index (χ0n) is 13.7. The Morgan fingerprint density at radius 3 is 2.68 bits per heavy atom. The number of hydrogen-bond donors (Lipinski definition) is 2. The first-order chi connectivity index (χ1) is 12.1. The van der Waals surface area contributed by atoms with E-state index >= 15 is 0 Å². The van der Waals surface area contributed by atoms with Gasteiger partial charge in [-0.2, -0.15) is 0 Å². The Balaban J connectivity index is 1.66. The third kappa shape index (κ3) is 3.35. The van der Waals surface area contributed by atoms with Gasteiger partial charge in [-0.1, -0.05) is 24.3 Å². The van der Waals surface area contributed by atoms with Crippen LogP contribution in [0.4, 0.5) is 5.69 Å². The molecule has 1 aliphatic heterocycles. The summed E-state index contributed by atoms with van der Waals surface area (Å²) in [5, 5.41) is 5.05.